The fourth-order valence-electron chi connectivity index (χ4n) is 1.78. The van der Waals surface area contributed by atoms with Gasteiger partial charge in [0.25, 0.3) is 5.76 Å². The number of ether oxygens (including phenoxy) is 2. The first-order valence-corrected chi connectivity index (χ1v) is 6.18. The summed E-state index contributed by atoms with van der Waals surface area (Å²) in [5.74, 6) is -0.0696. The highest BCUT2D eigenvalue weighted by molar-refractivity contribution is 5.99. The molecular formula is C14H18ClNO4. The Bertz CT molecular complexity index is 606. The molecule has 0 atom stereocenters. The summed E-state index contributed by atoms with van der Waals surface area (Å²) in [6, 6.07) is 5.14. The minimum absolute atomic E-state index is 0. The molecule has 0 saturated heterocycles. The van der Waals surface area contributed by atoms with Crippen molar-refractivity contribution >= 4 is 35.0 Å². The summed E-state index contributed by atoms with van der Waals surface area (Å²) in [6.07, 6.45) is -0.0876. The summed E-state index contributed by atoms with van der Waals surface area (Å²) in [4.78, 5) is 11.9. The fraction of sp³-hybridized carbons (Fsp3) is 0.357. The van der Waals surface area contributed by atoms with Crippen LogP contribution in [0, 0.1) is 0 Å². The molecule has 2 rings (SSSR count). The van der Waals surface area contributed by atoms with Gasteiger partial charge in [0, 0.05) is 5.69 Å². The summed E-state index contributed by atoms with van der Waals surface area (Å²) < 4.78 is 16.2. The number of benzene rings is 1. The lowest BCUT2D eigenvalue weighted by Gasteiger charge is -2.09. The standard InChI is InChI=1S/C14H17NO4.ClH/c1-4-17-14(16)13-12(18-8(2)3)10-7-9(15)5-6-11(10)19-13;/h5-8H,4,15H2,1-3H3;1H. The number of halogens is 1. The Morgan fingerprint density at radius 2 is 2.10 bits per heavy atom. The number of furan rings is 1. The maximum absolute atomic E-state index is 11.9. The van der Waals surface area contributed by atoms with Gasteiger partial charge in [0.1, 0.15) is 5.58 Å². The molecule has 0 spiro atoms. The van der Waals surface area contributed by atoms with Gasteiger partial charge in [0.2, 0.25) is 0 Å². The van der Waals surface area contributed by atoms with Crippen LogP contribution in [0.1, 0.15) is 31.3 Å². The molecule has 0 aliphatic heterocycles. The Labute approximate surface area is 123 Å². The van der Waals surface area contributed by atoms with Crippen LogP contribution in [0.15, 0.2) is 22.6 Å². The van der Waals surface area contributed by atoms with Crippen molar-refractivity contribution in [2.45, 2.75) is 26.9 Å². The highest BCUT2D eigenvalue weighted by Crippen LogP contribution is 2.35. The molecule has 0 bridgehead atoms. The molecular weight excluding hydrogens is 282 g/mol. The quantitative estimate of drug-likeness (QED) is 0.692. The van der Waals surface area contributed by atoms with E-state index in [9.17, 15) is 4.79 Å². The molecule has 0 saturated carbocycles. The van der Waals surface area contributed by atoms with Crippen molar-refractivity contribution in [3.05, 3.63) is 24.0 Å². The molecule has 0 amide bonds. The van der Waals surface area contributed by atoms with Crippen molar-refractivity contribution in [2.75, 3.05) is 12.3 Å². The molecule has 1 aromatic carbocycles. The number of esters is 1. The molecule has 0 radical (unpaired) electrons. The molecule has 0 aliphatic carbocycles. The first-order valence-electron chi connectivity index (χ1n) is 6.18. The van der Waals surface area contributed by atoms with Gasteiger partial charge in [-0.15, -0.1) is 12.4 Å². The number of hydrogen-bond acceptors (Lipinski definition) is 5. The molecule has 0 aliphatic rings. The molecule has 2 aromatic rings. The zero-order chi connectivity index (χ0) is 14.0. The predicted octanol–water partition coefficient (Wildman–Crippen LogP) is 3.40. The molecule has 110 valence electrons. The van der Waals surface area contributed by atoms with Gasteiger partial charge in [-0.05, 0) is 39.0 Å². The van der Waals surface area contributed by atoms with Crippen molar-refractivity contribution < 1.29 is 18.7 Å². The van der Waals surface area contributed by atoms with Crippen molar-refractivity contribution in [1.82, 2.24) is 0 Å². The lowest BCUT2D eigenvalue weighted by atomic mass is 10.2. The fourth-order valence-corrected chi connectivity index (χ4v) is 1.78. The van der Waals surface area contributed by atoms with Crippen molar-refractivity contribution in [1.29, 1.82) is 0 Å². The molecule has 1 aromatic heterocycles. The second kappa shape index (κ2) is 6.52. The van der Waals surface area contributed by atoms with Gasteiger partial charge < -0.3 is 19.6 Å². The Balaban J connectivity index is 0.00000200. The molecule has 1 heterocycles. The zero-order valence-corrected chi connectivity index (χ0v) is 12.5. The van der Waals surface area contributed by atoms with E-state index in [4.69, 9.17) is 19.6 Å². The number of nitrogens with two attached hydrogens (primary N) is 1. The third kappa shape index (κ3) is 3.17. The number of carbonyl (C=O) groups is 1. The minimum atomic E-state index is -0.534. The third-order valence-corrected chi connectivity index (χ3v) is 2.48. The van der Waals surface area contributed by atoms with Crippen molar-refractivity contribution in [3.63, 3.8) is 0 Å². The van der Waals surface area contributed by atoms with E-state index < -0.39 is 5.97 Å². The Hall–Kier alpha value is -1.88. The van der Waals surface area contributed by atoms with Gasteiger partial charge in [0.05, 0.1) is 18.1 Å². The monoisotopic (exact) mass is 299 g/mol. The number of carbonyl (C=O) groups excluding carboxylic acids is 1. The van der Waals surface area contributed by atoms with E-state index in [1.54, 1.807) is 25.1 Å². The van der Waals surface area contributed by atoms with E-state index in [1.807, 2.05) is 13.8 Å². The molecule has 2 N–H and O–H groups in total. The van der Waals surface area contributed by atoms with E-state index in [0.29, 0.717) is 22.4 Å². The molecule has 5 nitrogen and oxygen atoms in total. The average Bonchev–Trinajstić information content (AvgIpc) is 2.67. The third-order valence-electron chi connectivity index (χ3n) is 2.48. The molecule has 6 heteroatoms. The van der Waals surface area contributed by atoms with Crippen LogP contribution in [0.4, 0.5) is 5.69 Å². The summed E-state index contributed by atoms with van der Waals surface area (Å²) in [5, 5.41) is 0.678. The van der Waals surface area contributed by atoms with Crippen LogP contribution >= 0.6 is 12.4 Å². The van der Waals surface area contributed by atoms with Gasteiger partial charge in [-0.2, -0.15) is 0 Å². The van der Waals surface area contributed by atoms with Crippen molar-refractivity contribution in [3.8, 4) is 5.75 Å². The Morgan fingerprint density at radius 1 is 1.40 bits per heavy atom. The number of rotatable bonds is 4. The van der Waals surface area contributed by atoms with Crippen LogP contribution in [-0.4, -0.2) is 18.7 Å². The van der Waals surface area contributed by atoms with Gasteiger partial charge in [-0.3, -0.25) is 0 Å². The van der Waals surface area contributed by atoms with E-state index >= 15 is 0 Å². The SMILES string of the molecule is CCOC(=O)c1oc2ccc(N)cc2c1OC(C)C.Cl. The number of hydrogen-bond donors (Lipinski definition) is 1. The normalized spacial score (nSPS) is 10.4. The van der Waals surface area contributed by atoms with Crippen LogP contribution in [0.2, 0.25) is 0 Å². The lowest BCUT2D eigenvalue weighted by Crippen LogP contribution is -2.10. The summed E-state index contributed by atoms with van der Waals surface area (Å²) >= 11 is 0. The highest BCUT2D eigenvalue weighted by Gasteiger charge is 2.24. The first kappa shape index (κ1) is 16.2. The summed E-state index contributed by atoms with van der Waals surface area (Å²) in [6.45, 7) is 5.76. The van der Waals surface area contributed by atoms with Crippen molar-refractivity contribution in [2.24, 2.45) is 0 Å². The largest absolute Gasteiger partial charge is 0.486 e. The zero-order valence-electron chi connectivity index (χ0n) is 11.6. The van der Waals surface area contributed by atoms with Gasteiger partial charge in [0.15, 0.2) is 5.75 Å². The summed E-state index contributed by atoms with van der Waals surface area (Å²) in [7, 11) is 0. The number of anilines is 1. The molecule has 20 heavy (non-hydrogen) atoms. The van der Waals surface area contributed by atoms with Gasteiger partial charge in [-0.25, -0.2) is 4.79 Å². The molecule has 0 unspecified atom stereocenters. The average molecular weight is 300 g/mol. The van der Waals surface area contributed by atoms with Crippen LogP contribution in [0.5, 0.6) is 5.75 Å². The van der Waals surface area contributed by atoms with E-state index in [1.165, 1.54) is 0 Å². The van der Waals surface area contributed by atoms with Gasteiger partial charge in [-0.1, -0.05) is 0 Å². The molecule has 0 fully saturated rings. The van der Waals surface area contributed by atoms with Gasteiger partial charge >= 0.3 is 5.97 Å². The maximum atomic E-state index is 11.9. The predicted molar refractivity (Wildman–Crippen MR) is 79.6 cm³/mol. The lowest BCUT2D eigenvalue weighted by molar-refractivity contribution is 0.0484. The number of fused-ring (bicyclic) bond motifs is 1. The Morgan fingerprint density at radius 3 is 2.70 bits per heavy atom. The summed E-state index contributed by atoms with van der Waals surface area (Å²) in [5.41, 5.74) is 6.88. The van der Waals surface area contributed by atoms with Crippen LogP contribution < -0.4 is 10.5 Å². The van der Waals surface area contributed by atoms with E-state index in [2.05, 4.69) is 0 Å². The maximum Gasteiger partial charge on any atom is 0.378 e. The van der Waals surface area contributed by atoms with Crippen LogP contribution in [0.25, 0.3) is 11.0 Å². The highest BCUT2D eigenvalue weighted by atomic mass is 35.5. The number of nitrogen functional groups attached to an aromatic ring is 1. The van der Waals surface area contributed by atoms with Crippen LogP contribution in [-0.2, 0) is 4.74 Å². The Kier molecular flexibility index (Phi) is 5.27. The topological polar surface area (TPSA) is 74.7 Å². The van der Waals surface area contributed by atoms with E-state index in [-0.39, 0.29) is 30.9 Å². The first-order chi connectivity index (χ1) is 9.02. The van der Waals surface area contributed by atoms with Crippen LogP contribution in [0.3, 0.4) is 0 Å². The minimum Gasteiger partial charge on any atom is -0.486 e. The van der Waals surface area contributed by atoms with E-state index in [0.717, 1.165) is 0 Å². The second-order valence-corrected chi connectivity index (χ2v) is 4.40. The second-order valence-electron chi connectivity index (χ2n) is 4.40. The smallest absolute Gasteiger partial charge is 0.378 e.